The lowest BCUT2D eigenvalue weighted by Crippen LogP contribution is -2.59. The maximum Gasteiger partial charge on any atom is 0.410 e. The molecule has 7 heteroatoms. The Morgan fingerprint density at radius 2 is 1.45 bits per heavy atom. The van der Waals surface area contributed by atoms with Crippen LogP contribution in [0, 0.1) is 5.41 Å². The van der Waals surface area contributed by atoms with Gasteiger partial charge in [0.25, 0.3) is 0 Å². The number of anilines is 1. The quantitative estimate of drug-likeness (QED) is 0.671. The van der Waals surface area contributed by atoms with Gasteiger partial charge in [0.2, 0.25) is 5.91 Å². The Kier molecular flexibility index (Phi) is 7.32. The van der Waals surface area contributed by atoms with Crippen LogP contribution in [-0.2, 0) is 9.53 Å². The van der Waals surface area contributed by atoms with Crippen LogP contribution in [0.4, 0.5) is 10.5 Å². The Balaban J connectivity index is 1.87. The molecule has 0 bridgehead atoms. The van der Waals surface area contributed by atoms with Crippen LogP contribution in [0.2, 0.25) is 0 Å². The number of benzene rings is 1. The van der Waals surface area contributed by atoms with E-state index in [0.717, 1.165) is 31.7 Å². The second-order valence-corrected chi connectivity index (χ2v) is 11.6. The molecule has 0 unspecified atom stereocenters. The van der Waals surface area contributed by atoms with Gasteiger partial charge in [-0.3, -0.25) is 9.69 Å². The summed E-state index contributed by atoms with van der Waals surface area (Å²) >= 11 is 0. The Morgan fingerprint density at radius 3 is 1.97 bits per heavy atom. The number of ether oxygens (including phenoxy) is 1. The van der Waals surface area contributed by atoms with Gasteiger partial charge in [-0.2, -0.15) is 0 Å². The molecule has 184 valence electrons. The van der Waals surface area contributed by atoms with Crippen LogP contribution in [0.15, 0.2) is 24.3 Å². The topological polar surface area (TPSA) is 56.3 Å². The van der Waals surface area contributed by atoms with Gasteiger partial charge in [-0.15, -0.1) is 0 Å². The van der Waals surface area contributed by atoms with Gasteiger partial charge in [0.05, 0.1) is 6.04 Å². The van der Waals surface area contributed by atoms with Crippen molar-refractivity contribution in [2.45, 2.75) is 66.2 Å². The van der Waals surface area contributed by atoms with Crippen molar-refractivity contribution >= 4 is 17.7 Å². The zero-order valence-corrected chi connectivity index (χ0v) is 21.7. The zero-order chi connectivity index (χ0) is 24.6. The highest BCUT2D eigenvalue weighted by Gasteiger charge is 2.41. The molecule has 2 atom stereocenters. The van der Waals surface area contributed by atoms with E-state index in [1.54, 1.807) is 4.90 Å². The SMILES string of the molecule is C[C@@H]1CN(C(=O)OC(C)(C)C)[C@@H](c2ccc(N3CCN(C)CC3)cc2)CN1C(=O)C(C)(C)C. The first-order valence-electron chi connectivity index (χ1n) is 12.1. The molecule has 0 aliphatic carbocycles. The molecule has 2 heterocycles. The minimum atomic E-state index is -0.575. The van der Waals surface area contributed by atoms with E-state index in [9.17, 15) is 9.59 Å². The normalized spacial score (nSPS) is 23.0. The van der Waals surface area contributed by atoms with Crippen LogP contribution in [0.25, 0.3) is 0 Å². The number of hydrogen-bond donors (Lipinski definition) is 0. The maximum absolute atomic E-state index is 13.2. The standard InChI is InChI=1S/C26H42N4O3/c1-19-17-30(24(32)33-26(5,6)7)22(18-29(19)23(31)25(2,3)4)20-9-11-21(12-10-20)28-15-13-27(8)14-16-28/h9-12,19,22H,13-18H2,1-8H3/t19-,22-/m1/s1. The lowest BCUT2D eigenvalue weighted by atomic mass is 9.91. The molecule has 1 aromatic carbocycles. The molecular weight excluding hydrogens is 416 g/mol. The summed E-state index contributed by atoms with van der Waals surface area (Å²) in [7, 11) is 2.15. The summed E-state index contributed by atoms with van der Waals surface area (Å²) in [6.45, 7) is 18.5. The molecule has 0 aromatic heterocycles. The van der Waals surface area contributed by atoms with Crippen LogP contribution < -0.4 is 4.90 Å². The van der Waals surface area contributed by atoms with Crippen LogP contribution in [-0.4, -0.2) is 84.7 Å². The summed E-state index contributed by atoms with van der Waals surface area (Å²) in [4.78, 5) is 34.8. The van der Waals surface area contributed by atoms with Gasteiger partial charge >= 0.3 is 6.09 Å². The molecule has 2 saturated heterocycles. The van der Waals surface area contributed by atoms with E-state index in [4.69, 9.17) is 4.74 Å². The van der Waals surface area contributed by atoms with Gasteiger partial charge in [0, 0.05) is 56.4 Å². The third kappa shape index (κ3) is 6.19. The van der Waals surface area contributed by atoms with Gasteiger partial charge in [-0.05, 0) is 52.4 Å². The summed E-state index contributed by atoms with van der Waals surface area (Å²) in [5.41, 5.74) is 1.17. The minimum Gasteiger partial charge on any atom is -0.444 e. The Morgan fingerprint density at radius 1 is 0.879 bits per heavy atom. The first-order chi connectivity index (χ1) is 15.3. The summed E-state index contributed by atoms with van der Waals surface area (Å²) in [6.07, 6.45) is -0.328. The number of rotatable bonds is 2. The number of nitrogens with zero attached hydrogens (tertiary/aromatic N) is 4. The third-order valence-corrected chi connectivity index (χ3v) is 6.42. The molecule has 2 fully saturated rings. The van der Waals surface area contributed by atoms with Crippen LogP contribution in [0.5, 0.6) is 0 Å². The minimum absolute atomic E-state index is 0.0786. The summed E-state index contributed by atoms with van der Waals surface area (Å²) in [5, 5.41) is 0. The number of carbonyl (C=O) groups is 2. The smallest absolute Gasteiger partial charge is 0.410 e. The summed E-state index contributed by atoms with van der Waals surface area (Å²) in [5.74, 6) is 0.109. The van der Waals surface area contributed by atoms with E-state index >= 15 is 0 Å². The monoisotopic (exact) mass is 458 g/mol. The highest BCUT2D eigenvalue weighted by Crippen LogP contribution is 2.33. The third-order valence-electron chi connectivity index (χ3n) is 6.42. The van der Waals surface area contributed by atoms with E-state index in [-0.39, 0.29) is 24.1 Å². The number of likely N-dealkylation sites (N-methyl/N-ethyl adjacent to an activating group) is 1. The highest BCUT2D eigenvalue weighted by atomic mass is 16.6. The lowest BCUT2D eigenvalue weighted by Gasteiger charge is -2.47. The van der Waals surface area contributed by atoms with Crippen molar-refractivity contribution in [3.05, 3.63) is 29.8 Å². The molecule has 3 rings (SSSR count). The molecule has 1 aromatic rings. The molecule has 0 N–H and O–H groups in total. The molecule has 7 nitrogen and oxygen atoms in total. The second kappa shape index (κ2) is 9.53. The van der Waals surface area contributed by atoms with Crippen molar-refractivity contribution in [2.24, 2.45) is 5.41 Å². The van der Waals surface area contributed by atoms with E-state index < -0.39 is 11.0 Å². The molecule has 2 amide bonds. The number of carbonyl (C=O) groups excluding carboxylic acids is 2. The van der Waals surface area contributed by atoms with Crippen molar-refractivity contribution in [1.29, 1.82) is 0 Å². The second-order valence-electron chi connectivity index (χ2n) is 11.6. The van der Waals surface area contributed by atoms with Gasteiger partial charge < -0.3 is 19.4 Å². The van der Waals surface area contributed by atoms with Crippen LogP contribution in [0.3, 0.4) is 0 Å². The van der Waals surface area contributed by atoms with E-state index in [1.807, 2.05) is 53.4 Å². The predicted molar refractivity (Wildman–Crippen MR) is 132 cm³/mol. The Hall–Kier alpha value is -2.28. The van der Waals surface area contributed by atoms with Crippen molar-refractivity contribution in [3.8, 4) is 0 Å². The van der Waals surface area contributed by atoms with Crippen molar-refractivity contribution < 1.29 is 14.3 Å². The van der Waals surface area contributed by atoms with Gasteiger partial charge in [-0.25, -0.2) is 4.79 Å². The van der Waals surface area contributed by atoms with Crippen molar-refractivity contribution in [1.82, 2.24) is 14.7 Å². The molecular formula is C26H42N4O3. The Bertz CT molecular complexity index is 833. The summed E-state index contributed by atoms with van der Waals surface area (Å²) < 4.78 is 5.74. The fourth-order valence-electron chi connectivity index (χ4n) is 4.47. The number of amides is 2. The molecule has 0 saturated carbocycles. The van der Waals surface area contributed by atoms with Crippen molar-refractivity contribution in [2.75, 3.05) is 51.2 Å². The maximum atomic E-state index is 13.2. The molecule has 0 spiro atoms. The lowest BCUT2D eigenvalue weighted by molar-refractivity contribution is -0.145. The van der Waals surface area contributed by atoms with Crippen molar-refractivity contribution in [3.63, 3.8) is 0 Å². The predicted octanol–water partition coefficient (Wildman–Crippen LogP) is 3.99. The van der Waals surface area contributed by atoms with E-state index in [2.05, 4.69) is 41.1 Å². The molecule has 2 aliphatic rings. The highest BCUT2D eigenvalue weighted by molar-refractivity contribution is 5.82. The van der Waals surface area contributed by atoms with Gasteiger partial charge in [0.15, 0.2) is 0 Å². The fourth-order valence-corrected chi connectivity index (χ4v) is 4.47. The fraction of sp³-hybridized carbons (Fsp3) is 0.692. The van der Waals surface area contributed by atoms with E-state index in [1.165, 1.54) is 5.69 Å². The van der Waals surface area contributed by atoms with E-state index in [0.29, 0.717) is 13.1 Å². The van der Waals surface area contributed by atoms with Crippen LogP contribution in [0.1, 0.15) is 60.1 Å². The average molecular weight is 459 g/mol. The molecule has 0 radical (unpaired) electrons. The Labute approximate surface area is 199 Å². The summed E-state index contributed by atoms with van der Waals surface area (Å²) in [6, 6.07) is 8.16. The molecule has 33 heavy (non-hydrogen) atoms. The first-order valence-corrected chi connectivity index (χ1v) is 12.1. The average Bonchev–Trinajstić information content (AvgIpc) is 2.72. The van der Waals surface area contributed by atoms with Gasteiger partial charge in [0.1, 0.15) is 5.60 Å². The molecule has 2 aliphatic heterocycles. The largest absolute Gasteiger partial charge is 0.444 e. The zero-order valence-electron chi connectivity index (χ0n) is 21.7. The number of hydrogen-bond acceptors (Lipinski definition) is 5. The number of piperazine rings is 2. The van der Waals surface area contributed by atoms with Crippen LogP contribution >= 0.6 is 0 Å². The first kappa shape index (κ1) is 25.3. The van der Waals surface area contributed by atoms with Gasteiger partial charge in [-0.1, -0.05) is 32.9 Å².